The van der Waals surface area contributed by atoms with E-state index in [0.29, 0.717) is 0 Å². The minimum Gasteiger partial charge on any atom is -0.474 e. The fraction of sp³-hybridized carbons (Fsp3) is 0.688. The average Bonchev–Trinajstić information content (AvgIpc) is 2.41. The molecule has 21 heavy (non-hydrogen) atoms. The van der Waals surface area contributed by atoms with Crippen LogP contribution in [-0.4, -0.2) is 29.8 Å². The van der Waals surface area contributed by atoms with Gasteiger partial charge in [0.25, 0.3) is 0 Å². The molecule has 1 aromatic heterocycles. The second-order valence-electron chi connectivity index (χ2n) is 5.76. The third-order valence-electron chi connectivity index (χ3n) is 3.57. The van der Waals surface area contributed by atoms with E-state index in [1.165, 1.54) is 0 Å². The number of nitrogens with zero attached hydrogens (tertiary/aromatic N) is 1. The molecule has 2 unspecified atom stereocenters. The van der Waals surface area contributed by atoms with Crippen LogP contribution in [-0.2, 0) is 11.3 Å². The predicted molar refractivity (Wildman–Crippen MR) is 87.6 cm³/mol. The molecule has 1 aliphatic heterocycles. The van der Waals surface area contributed by atoms with Gasteiger partial charge in [-0.15, -0.1) is 0 Å². The quantitative estimate of drug-likeness (QED) is 0.789. The van der Waals surface area contributed by atoms with Crippen LogP contribution < -0.4 is 10.1 Å². The van der Waals surface area contributed by atoms with Crippen molar-refractivity contribution in [3.8, 4) is 5.88 Å². The zero-order valence-corrected chi connectivity index (χ0v) is 14.6. The minimum atomic E-state index is 0.183. The van der Waals surface area contributed by atoms with E-state index in [0.717, 1.165) is 48.3 Å². The zero-order chi connectivity index (χ0) is 15.2. The van der Waals surface area contributed by atoms with Crippen molar-refractivity contribution < 1.29 is 9.47 Å². The summed E-state index contributed by atoms with van der Waals surface area (Å²) in [5.74, 6) is 0.744. The van der Waals surface area contributed by atoms with Crippen molar-refractivity contribution in [1.29, 1.82) is 0 Å². The van der Waals surface area contributed by atoms with E-state index in [1.54, 1.807) is 6.20 Å². The molecular weight excluding hydrogens is 332 g/mol. The van der Waals surface area contributed by atoms with Crippen LogP contribution in [0.1, 0.15) is 45.6 Å². The summed E-state index contributed by atoms with van der Waals surface area (Å²) >= 11 is 3.48. The SMILES string of the molecule is CCCNCc1cc(Br)cnc1OC1CC(C)OC(C)C1. The predicted octanol–water partition coefficient (Wildman–Crippen LogP) is 3.68. The fourth-order valence-corrected chi connectivity index (χ4v) is 3.08. The first-order chi connectivity index (χ1) is 10.1. The first-order valence-electron chi connectivity index (χ1n) is 7.75. The van der Waals surface area contributed by atoms with Gasteiger partial charge in [0.05, 0.1) is 12.2 Å². The molecule has 1 aliphatic rings. The third-order valence-corrected chi connectivity index (χ3v) is 4.00. The topological polar surface area (TPSA) is 43.4 Å². The van der Waals surface area contributed by atoms with E-state index in [9.17, 15) is 0 Å². The van der Waals surface area contributed by atoms with Gasteiger partial charge in [-0.1, -0.05) is 6.92 Å². The lowest BCUT2D eigenvalue weighted by molar-refractivity contribution is -0.0731. The summed E-state index contributed by atoms with van der Waals surface area (Å²) in [5, 5.41) is 3.41. The van der Waals surface area contributed by atoms with E-state index in [2.05, 4.69) is 53.1 Å². The van der Waals surface area contributed by atoms with Crippen molar-refractivity contribution in [3.63, 3.8) is 0 Å². The minimum absolute atomic E-state index is 0.183. The molecule has 4 nitrogen and oxygen atoms in total. The van der Waals surface area contributed by atoms with Gasteiger partial charge in [0.2, 0.25) is 5.88 Å². The Balaban J connectivity index is 2.04. The molecule has 1 fully saturated rings. The molecule has 0 aliphatic carbocycles. The van der Waals surface area contributed by atoms with Crippen molar-refractivity contribution in [2.75, 3.05) is 6.54 Å². The van der Waals surface area contributed by atoms with Crippen molar-refractivity contribution in [3.05, 3.63) is 22.3 Å². The number of pyridine rings is 1. The molecule has 1 N–H and O–H groups in total. The van der Waals surface area contributed by atoms with Crippen LogP contribution in [0, 0.1) is 0 Å². The van der Waals surface area contributed by atoms with Crippen LogP contribution in [0.5, 0.6) is 5.88 Å². The summed E-state index contributed by atoms with van der Waals surface area (Å²) in [6.07, 6.45) is 5.43. The van der Waals surface area contributed by atoms with Gasteiger partial charge in [0.1, 0.15) is 6.10 Å². The van der Waals surface area contributed by atoms with Gasteiger partial charge in [-0.05, 0) is 48.8 Å². The average molecular weight is 357 g/mol. The van der Waals surface area contributed by atoms with Crippen LogP contribution >= 0.6 is 15.9 Å². The highest BCUT2D eigenvalue weighted by Crippen LogP contribution is 2.26. The molecule has 0 spiro atoms. The monoisotopic (exact) mass is 356 g/mol. The van der Waals surface area contributed by atoms with Crippen LogP contribution in [0.3, 0.4) is 0 Å². The molecule has 0 aromatic carbocycles. The van der Waals surface area contributed by atoms with Crippen LogP contribution in [0.25, 0.3) is 0 Å². The fourth-order valence-electron chi connectivity index (χ4n) is 2.70. The lowest BCUT2D eigenvalue weighted by Gasteiger charge is -2.32. The van der Waals surface area contributed by atoms with E-state index < -0.39 is 0 Å². The van der Waals surface area contributed by atoms with Gasteiger partial charge >= 0.3 is 0 Å². The Labute approximate surface area is 135 Å². The first kappa shape index (κ1) is 16.7. The summed E-state index contributed by atoms with van der Waals surface area (Å²) in [4.78, 5) is 4.45. The van der Waals surface area contributed by atoms with Crippen molar-refractivity contribution in [1.82, 2.24) is 10.3 Å². The van der Waals surface area contributed by atoms with Gasteiger partial charge in [-0.2, -0.15) is 0 Å². The Hall–Kier alpha value is -0.650. The molecule has 2 atom stereocenters. The Morgan fingerprint density at radius 3 is 2.76 bits per heavy atom. The molecule has 0 amide bonds. The molecular formula is C16H25BrN2O2. The third kappa shape index (κ3) is 5.24. The number of halogens is 1. The van der Waals surface area contributed by atoms with Crippen LogP contribution in [0.4, 0.5) is 0 Å². The molecule has 0 bridgehead atoms. The number of rotatable bonds is 6. The van der Waals surface area contributed by atoms with Gasteiger partial charge in [-0.3, -0.25) is 0 Å². The lowest BCUT2D eigenvalue weighted by Crippen LogP contribution is -2.36. The smallest absolute Gasteiger partial charge is 0.218 e. The van der Waals surface area contributed by atoms with E-state index >= 15 is 0 Å². The Bertz CT molecular complexity index is 446. The first-order valence-corrected chi connectivity index (χ1v) is 8.55. The molecule has 0 radical (unpaired) electrons. The molecule has 0 saturated carbocycles. The van der Waals surface area contributed by atoms with E-state index in [1.807, 2.05) is 0 Å². The Morgan fingerprint density at radius 2 is 2.10 bits per heavy atom. The summed E-state index contributed by atoms with van der Waals surface area (Å²) in [6.45, 7) is 8.14. The maximum atomic E-state index is 6.16. The van der Waals surface area contributed by atoms with E-state index in [4.69, 9.17) is 9.47 Å². The van der Waals surface area contributed by atoms with Gasteiger partial charge in [0.15, 0.2) is 0 Å². The normalized spacial score (nSPS) is 25.8. The van der Waals surface area contributed by atoms with Crippen molar-refractivity contribution >= 4 is 15.9 Å². The summed E-state index contributed by atoms with van der Waals surface area (Å²) in [5.41, 5.74) is 1.10. The lowest BCUT2D eigenvalue weighted by atomic mass is 10.0. The highest BCUT2D eigenvalue weighted by atomic mass is 79.9. The molecule has 1 aromatic rings. The Kier molecular flexibility index (Phi) is 6.45. The molecule has 2 rings (SSSR count). The van der Waals surface area contributed by atoms with Crippen LogP contribution in [0.2, 0.25) is 0 Å². The van der Waals surface area contributed by atoms with Crippen LogP contribution in [0.15, 0.2) is 16.7 Å². The van der Waals surface area contributed by atoms with E-state index in [-0.39, 0.29) is 18.3 Å². The molecule has 2 heterocycles. The molecule has 1 saturated heterocycles. The standard InChI is InChI=1S/C16H25BrN2O2/c1-4-5-18-9-13-8-14(17)10-19-16(13)21-15-6-11(2)20-12(3)7-15/h8,10-12,15,18H,4-7,9H2,1-3H3. The zero-order valence-electron chi connectivity index (χ0n) is 13.1. The Morgan fingerprint density at radius 1 is 1.38 bits per heavy atom. The second-order valence-corrected chi connectivity index (χ2v) is 6.68. The van der Waals surface area contributed by atoms with Crippen molar-refractivity contribution in [2.24, 2.45) is 0 Å². The number of ether oxygens (including phenoxy) is 2. The highest BCUT2D eigenvalue weighted by Gasteiger charge is 2.26. The number of hydrogen-bond acceptors (Lipinski definition) is 4. The number of nitrogens with one attached hydrogen (secondary N) is 1. The van der Waals surface area contributed by atoms with Crippen molar-refractivity contribution in [2.45, 2.75) is 64.9 Å². The summed E-state index contributed by atoms with van der Waals surface area (Å²) in [7, 11) is 0. The number of hydrogen-bond donors (Lipinski definition) is 1. The highest BCUT2D eigenvalue weighted by molar-refractivity contribution is 9.10. The maximum Gasteiger partial charge on any atom is 0.218 e. The summed E-state index contributed by atoms with van der Waals surface area (Å²) < 4.78 is 12.9. The van der Waals surface area contributed by atoms with Gasteiger partial charge in [0, 0.05) is 35.6 Å². The number of aromatic nitrogens is 1. The van der Waals surface area contributed by atoms with Gasteiger partial charge < -0.3 is 14.8 Å². The molecule has 5 heteroatoms. The molecule has 118 valence electrons. The summed E-state index contributed by atoms with van der Waals surface area (Å²) in [6, 6.07) is 2.08. The largest absolute Gasteiger partial charge is 0.474 e. The maximum absolute atomic E-state index is 6.16. The second kappa shape index (κ2) is 8.11. The van der Waals surface area contributed by atoms with Gasteiger partial charge in [-0.25, -0.2) is 4.98 Å².